The van der Waals surface area contributed by atoms with Crippen LogP contribution in [0.2, 0.25) is 0 Å². The summed E-state index contributed by atoms with van der Waals surface area (Å²) in [5.74, 6) is 1.09. The molecule has 0 bridgehead atoms. The van der Waals surface area contributed by atoms with Crippen LogP contribution >= 0.6 is 0 Å². The average molecular weight is 195 g/mol. The fourth-order valence-electron chi connectivity index (χ4n) is 1.54. The molecule has 2 N–H and O–H groups in total. The Hall–Kier alpha value is -0.830. The molecule has 0 spiro atoms. The highest BCUT2D eigenvalue weighted by atomic mass is 15.3. The molecule has 0 radical (unpaired) electrons. The van der Waals surface area contributed by atoms with Gasteiger partial charge < -0.3 is 5.73 Å². The Morgan fingerprint density at radius 3 is 2.29 bits per heavy atom. The number of nitrogens with two attached hydrogens (primary N) is 1. The summed E-state index contributed by atoms with van der Waals surface area (Å²) < 4.78 is 1.88. The predicted octanol–water partition coefficient (Wildman–Crippen LogP) is 2.02. The monoisotopic (exact) mass is 195 g/mol. The number of aromatic nitrogens is 2. The average Bonchev–Trinajstić information content (AvgIpc) is 2.45. The van der Waals surface area contributed by atoms with E-state index in [9.17, 15) is 0 Å². The Morgan fingerprint density at radius 2 is 1.93 bits per heavy atom. The third-order valence-electron chi connectivity index (χ3n) is 3.25. The molecule has 0 amide bonds. The van der Waals surface area contributed by atoms with Crippen molar-refractivity contribution in [2.45, 2.75) is 33.7 Å². The summed E-state index contributed by atoms with van der Waals surface area (Å²) in [5, 5.41) is 4.22. The first-order valence-electron chi connectivity index (χ1n) is 5.19. The summed E-state index contributed by atoms with van der Waals surface area (Å²) in [7, 11) is 1.95. The predicted molar refractivity (Wildman–Crippen MR) is 58.9 cm³/mol. The van der Waals surface area contributed by atoms with Gasteiger partial charge in [0.1, 0.15) is 0 Å². The van der Waals surface area contributed by atoms with Crippen LogP contribution in [0, 0.1) is 18.8 Å². The molecule has 0 saturated carbocycles. The lowest BCUT2D eigenvalue weighted by molar-refractivity contribution is 0.351. The van der Waals surface area contributed by atoms with Crippen molar-refractivity contribution in [2.75, 3.05) is 0 Å². The van der Waals surface area contributed by atoms with Gasteiger partial charge in [-0.3, -0.25) is 4.68 Å². The maximum atomic E-state index is 6.20. The van der Waals surface area contributed by atoms with Crippen molar-refractivity contribution in [1.82, 2.24) is 9.78 Å². The van der Waals surface area contributed by atoms with Crippen LogP contribution < -0.4 is 5.73 Å². The molecule has 0 fully saturated rings. The fraction of sp³-hybridized carbons (Fsp3) is 0.727. The van der Waals surface area contributed by atoms with E-state index in [1.807, 2.05) is 17.9 Å². The second-order valence-electron chi connectivity index (χ2n) is 4.44. The lowest BCUT2D eigenvalue weighted by Gasteiger charge is -2.23. The van der Waals surface area contributed by atoms with Crippen molar-refractivity contribution in [3.05, 3.63) is 17.5 Å². The van der Waals surface area contributed by atoms with Crippen LogP contribution in [0.1, 0.15) is 38.1 Å². The quantitative estimate of drug-likeness (QED) is 0.802. The van der Waals surface area contributed by atoms with Gasteiger partial charge in [0.15, 0.2) is 0 Å². The maximum Gasteiger partial charge on any atom is 0.0540 e. The molecule has 2 unspecified atom stereocenters. The zero-order valence-electron chi connectivity index (χ0n) is 9.78. The zero-order valence-corrected chi connectivity index (χ0v) is 9.78. The minimum Gasteiger partial charge on any atom is -0.324 e. The minimum absolute atomic E-state index is 0.101. The van der Waals surface area contributed by atoms with E-state index in [1.165, 1.54) is 11.3 Å². The van der Waals surface area contributed by atoms with Crippen LogP contribution in [0.3, 0.4) is 0 Å². The molecule has 1 heterocycles. The fourth-order valence-corrected chi connectivity index (χ4v) is 1.54. The van der Waals surface area contributed by atoms with Crippen LogP contribution in [0.5, 0.6) is 0 Å². The van der Waals surface area contributed by atoms with Crippen molar-refractivity contribution in [3.8, 4) is 0 Å². The van der Waals surface area contributed by atoms with Crippen molar-refractivity contribution in [1.29, 1.82) is 0 Å². The third-order valence-corrected chi connectivity index (χ3v) is 3.25. The van der Waals surface area contributed by atoms with Gasteiger partial charge in [0, 0.05) is 24.3 Å². The second-order valence-corrected chi connectivity index (χ2v) is 4.44. The van der Waals surface area contributed by atoms with Gasteiger partial charge in [0.25, 0.3) is 0 Å². The smallest absolute Gasteiger partial charge is 0.0540 e. The number of rotatable bonds is 3. The molecule has 14 heavy (non-hydrogen) atoms. The number of nitrogens with zero attached hydrogens (tertiary/aromatic N) is 2. The van der Waals surface area contributed by atoms with E-state index >= 15 is 0 Å². The number of hydrogen-bond donors (Lipinski definition) is 1. The first kappa shape index (κ1) is 11.2. The van der Waals surface area contributed by atoms with Gasteiger partial charge in [-0.2, -0.15) is 5.10 Å². The highest BCUT2D eigenvalue weighted by Gasteiger charge is 2.21. The molecule has 1 aromatic heterocycles. The summed E-state index contributed by atoms with van der Waals surface area (Å²) >= 11 is 0. The number of hydrogen-bond acceptors (Lipinski definition) is 2. The zero-order chi connectivity index (χ0) is 10.9. The number of aryl methyl sites for hydroxylation is 1. The molecular weight excluding hydrogens is 174 g/mol. The van der Waals surface area contributed by atoms with E-state index in [1.54, 1.807) is 0 Å². The molecule has 0 aliphatic carbocycles. The minimum atomic E-state index is 0.101. The first-order chi connectivity index (χ1) is 6.45. The summed E-state index contributed by atoms with van der Waals surface area (Å²) in [6.45, 7) is 8.67. The van der Waals surface area contributed by atoms with Gasteiger partial charge in [0.2, 0.25) is 0 Å². The van der Waals surface area contributed by atoms with Gasteiger partial charge in [-0.1, -0.05) is 20.8 Å². The SMILES string of the molecule is Cc1c(C(N)C(C)C(C)C)cnn1C. The van der Waals surface area contributed by atoms with Gasteiger partial charge >= 0.3 is 0 Å². The highest BCUT2D eigenvalue weighted by molar-refractivity contribution is 5.20. The molecule has 1 aromatic rings. The summed E-state index contributed by atoms with van der Waals surface area (Å²) in [6, 6.07) is 0.101. The molecule has 0 saturated heterocycles. The standard InChI is InChI=1S/C11H21N3/c1-7(2)8(3)11(12)10-6-13-14(5)9(10)4/h6-8,11H,12H2,1-5H3. The second kappa shape index (κ2) is 4.13. The Balaban J connectivity index is 2.89. The summed E-state index contributed by atoms with van der Waals surface area (Å²) in [5.41, 5.74) is 8.55. The molecular formula is C11H21N3. The molecule has 0 aliphatic heterocycles. The van der Waals surface area contributed by atoms with Crippen molar-refractivity contribution < 1.29 is 0 Å². The van der Waals surface area contributed by atoms with Crippen LogP contribution in [-0.2, 0) is 7.05 Å². The van der Waals surface area contributed by atoms with E-state index in [2.05, 4.69) is 32.8 Å². The van der Waals surface area contributed by atoms with Gasteiger partial charge in [-0.25, -0.2) is 0 Å². The molecule has 0 aliphatic rings. The van der Waals surface area contributed by atoms with E-state index in [4.69, 9.17) is 5.73 Å². The van der Waals surface area contributed by atoms with Gasteiger partial charge in [0.05, 0.1) is 6.20 Å². The van der Waals surface area contributed by atoms with Gasteiger partial charge in [-0.15, -0.1) is 0 Å². The Bertz CT molecular complexity index is 301. The van der Waals surface area contributed by atoms with Crippen LogP contribution in [0.4, 0.5) is 0 Å². The molecule has 80 valence electrons. The lowest BCUT2D eigenvalue weighted by Crippen LogP contribution is -2.23. The Kier molecular flexibility index (Phi) is 3.32. The topological polar surface area (TPSA) is 43.8 Å². The molecule has 3 nitrogen and oxygen atoms in total. The molecule has 0 aromatic carbocycles. The highest BCUT2D eigenvalue weighted by Crippen LogP contribution is 2.26. The van der Waals surface area contributed by atoms with Crippen molar-refractivity contribution >= 4 is 0 Å². The van der Waals surface area contributed by atoms with E-state index in [0.29, 0.717) is 11.8 Å². The Labute approximate surface area is 86.3 Å². The maximum absolute atomic E-state index is 6.20. The van der Waals surface area contributed by atoms with Crippen LogP contribution in [-0.4, -0.2) is 9.78 Å². The first-order valence-corrected chi connectivity index (χ1v) is 5.19. The van der Waals surface area contributed by atoms with E-state index in [0.717, 1.165) is 0 Å². The summed E-state index contributed by atoms with van der Waals surface area (Å²) in [4.78, 5) is 0. The van der Waals surface area contributed by atoms with Gasteiger partial charge in [-0.05, 0) is 18.8 Å². The van der Waals surface area contributed by atoms with Crippen LogP contribution in [0.25, 0.3) is 0 Å². The third kappa shape index (κ3) is 1.98. The van der Waals surface area contributed by atoms with E-state index in [-0.39, 0.29) is 6.04 Å². The molecule has 3 heteroatoms. The van der Waals surface area contributed by atoms with Crippen molar-refractivity contribution in [3.63, 3.8) is 0 Å². The van der Waals surface area contributed by atoms with Crippen LogP contribution in [0.15, 0.2) is 6.20 Å². The molecule has 2 atom stereocenters. The largest absolute Gasteiger partial charge is 0.324 e. The Morgan fingerprint density at radius 1 is 1.36 bits per heavy atom. The van der Waals surface area contributed by atoms with E-state index < -0.39 is 0 Å². The van der Waals surface area contributed by atoms with Crippen molar-refractivity contribution in [2.24, 2.45) is 24.6 Å². The molecule has 1 rings (SSSR count). The lowest BCUT2D eigenvalue weighted by atomic mass is 9.87. The normalized spacial score (nSPS) is 15.9. The summed E-state index contributed by atoms with van der Waals surface area (Å²) in [6.07, 6.45) is 1.89.